The number of rotatable bonds is 16. The van der Waals surface area contributed by atoms with Gasteiger partial charge in [-0.05, 0) is 17.3 Å². The van der Waals surface area contributed by atoms with Gasteiger partial charge in [0.15, 0.2) is 0 Å². The number of esters is 1. The highest BCUT2D eigenvalue weighted by molar-refractivity contribution is 14.1. The third-order valence-corrected chi connectivity index (χ3v) is 4.52. The van der Waals surface area contributed by atoms with Crippen LogP contribution in [0, 0.1) is 29.1 Å². The van der Waals surface area contributed by atoms with Crippen LogP contribution in [-0.4, -0.2) is 50.0 Å². The molecule has 0 aromatic heterocycles. The highest BCUT2D eigenvalue weighted by atomic mass is 127. The third-order valence-electron chi connectivity index (χ3n) is 3.75. The lowest BCUT2D eigenvalue weighted by Gasteiger charge is -2.09. The Morgan fingerprint density at radius 2 is 1.10 bits per heavy atom. The predicted molar refractivity (Wildman–Crippen MR) is 106 cm³/mol. The summed E-state index contributed by atoms with van der Waals surface area (Å²) in [6, 6.07) is 0. The molecule has 0 atom stereocenters. The van der Waals surface area contributed by atoms with Crippen molar-refractivity contribution >= 4 is 28.6 Å². The average molecular weight is 554 g/mol. The molecule has 0 bridgehead atoms. The van der Waals surface area contributed by atoms with E-state index in [-0.39, 0.29) is 19.8 Å². The summed E-state index contributed by atoms with van der Waals surface area (Å²) in [4.78, 5) is 11.5. The van der Waals surface area contributed by atoms with Crippen molar-refractivity contribution in [3.8, 4) is 5.75 Å². The summed E-state index contributed by atoms with van der Waals surface area (Å²) >= 11 is 2.35. The van der Waals surface area contributed by atoms with Crippen LogP contribution in [0.4, 0.5) is 22.0 Å². The molecule has 0 saturated carbocycles. The van der Waals surface area contributed by atoms with E-state index in [0.29, 0.717) is 19.8 Å². The van der Waals surface area contributed by atoms with E-state index < -0.39 is 47.2 Å². The van der Waals surface area contributed by atoms with Gasteiger partial charge >= 0.3 is 5.97 Å². The first kappa shape index (κ1) is 27.0. The van der Waals surface area contributed by atoms with Crippen LogP contribution in [0.3, 0.4) is 0 Å². The Labute approximate surface area is 185 Å². The van der Waals surface area contributed by atoms with Crippen molar-refractivity contribution in [1.82, 2.24) is 0 Å². The molecule has 0 spiro atoms. The van der Waals surface area contributed by atoms with Crippen LogP contribution in [-0.2, 0) is 19.0 Å². The third kappa shape index (κ3) is 9.84. The van der Waals surface area contributed by atoms with Crippen LogP contribution in [0.25, 0.3) is 0 Å². The lowest BCUT2D eigenvalue weighted by atomic mass is 10.2. The SMILES string of the molecule is O=C(CCOCCOCCOCCCCCCI)Oc1c(F)c(F)c(F)c(F)c1F. The van der Waals surface area contributed by atoms with Crippen LogP contribution >= 0.6 is 22.6 Å². The van der Waals surface area contributed by atoms with Gasteiger partial charge in [-0.25, -0.2) is 13.2 Å². The Kier molecular flexibility index (Phi) is 14.1. The molecule has 172 valence electrons. The molecule has 0 fully saturated rings. The molecule has 30 heavy (non-hydrogen) atoms. The number of benzene rings is 1. The van der Waals surface area contributed by atoms with Gasteiger partial charge in [0.05, 0.1) is 39.5 Å². The topological polar surface area (TPSA) is 54.0 Å². The van der Waals surface area contributed by atoms with E-state index >= 15 is 0 Å². The summed E-state index contributed by atoms with van der Waals surface area (Å²) in [5.74, 6) is -14.0. The smallest absolute Gasteiger partial charge is 0.313 e. The summed E-state index contributed by atoms with van der Waals surface area (Å²) < 4.78 is 87.0. The fourth-order valence-corrected chi connectivity index (χ4v) is 2.73. The van der Waals surface area contributed by atoms with E-state index in [9.17, 15) is 26.7 Å². The lowest BCUT2D eigenvalue weighted by molar-refractivity contribution is -0.136. The van der Waals surface area contributed by atoms with Gasteiger partial charge in [-0.2, -0.15) is 8.78 Å². The molecule has 1 aromatic carbocycles. The molecule has 1 rings (SSSR count). The van der Waals surface area contributed by atoms with Crippen LogP contribution in [0.1, 0.15) is 32.1 Å². The zero-order chi connectivity index (χ0) is 22.4. The van der Waals surface area contributed by atoms with Gasteiger partial charge in [0.1, 0.15) is 0 Å². The van der Waals surface area contributed by atoms with Gasteiger partial charge < -0.3 is 18.9 Å². The van der Waals surface area contributed by atoms with Crippen molar-refractivity contribution in [2.24, 2.45) is 0 Å². The monoisotopic (exact) mass is 554 g/mol. The Balaban J connectivity index is 2.09. The molecule has 0 aliphatic carbocycles. The fraction of sp³-hybridized carbons (Fsp3) is 0.632. The number of halogens is 6. The van der Waals surface area contributed by atoms with Gasteiger partial charge in [-0.15, -0.1) is 0 Å². The van der Waals surface area contributed by atoms with Crippen molar-refractivity contribution < 1.29 is 45.7 Å². The van der Waals surface area contributed by atoms with E-state index in [1.807, 2.05) is 0 Å². The Hall–Kier alpha value is -1.05. The maximum atomic E-state index is 13.4. The second kappa shape index (κ2) is 15.7. The zero-order valence-corrected chi connectivity index (χ0v) is 18.5. The van der Waals surface area contributed by atoms with E-state index in [0.717, 1.165) is 12.8 Å². The first-order chi connectivity index (χ1) is 14.4. The molecule has 0 radical (unpaired) electrons. The van der Waals surface area contributed by atoms with Gasteiger partial charge in [0.2, 0.25) is 34.8 Å². The first-order valence-corrected chi connectivity index (χ1v) is 10.9. The van der Waals surface area contributed by atoms with Crippen LogP contribution in [0.5, 0.6) is 5.75 Å². The molecule has 0 aliphatic heterocycles. The standard InChI is InChI=1S/C19H24F5IO5/c20-14-15(21)17(23)19(18(24)16(14)22)30-13(26)5-8-28-10-12-29-11-9-27-7-4-2-1-3-6-25/h1-12H2. The summed E-state index contributed by atoms with van der Waals surface area (Å²) in [5, 5.41) is 0. The van der Waals surface area contributed by atoms with Crippen molar-refractivity contribution in [3.63, 3.8) is 0 Å². The molecular formula is C19H24F5IO5. The van der Waals surface area contributed by atoms with Crippen molar-refractivity contribution in [2.45, 2.75) is 32.1 Å². The normalized spacial score (nSPS) is 11.1. The van der Waals surface area contributed by atoms with Crippen LogP contribution in [0.15, 0.2) is 0 Å². The summed E-state index contributed by atoms with van der Waals surface area (Å²) in [6.07, 6.45) is 4.14. The van der Waals surface area contributed by atoms with Crippen molar-refractivity contribution in [3.05, 3.63) is 29.1 Å². The maximum absolute atomic E-state index is 13.4. The minimum atomic E-state index is -2.33. The van der Waals surface area contributed by atoms with Crippen molar-refractivity contribution in [2.75, 3.05) is 44.1 Å². The Morgan fingerprint density at radius 3 is 1.67 bits per heavy atom. The van der Waals surface area contributed by atoms with Gasteiger partial charge in [0.25, 0.3) is 0 Å². The second-order valence-corrected chi connectivity index (χ2v) is 7.14. The van der Waals surface area contributed by atoms with E-state index in [4.69, 9.17) is 14.2 Å². The molecule has 0 saturated heterocycles. The number of hydrogen-bond acceptors (Lipinski definition) is 5. The zero-order valence-electron chi connectivity index (χ0n) is 16.3. The van der Waals surface area contributed by atoms with Crippen LogP contribution in [0.2, 0.25) is 0 Å². The Morgan fingerprint density at radius 1 is 0.633 bits per heavy atom. The van der Waals surface area contributed by atoms with Gasteiger partial charge in [-0.1, -0.05) is 35.4 Å². The van der Waals surface area contributed by atoms with Gasteiger partial charge in [-0.3, -0.25) is 4.79 Å². The van der Waals surface area contributed by atoms with Crippen molar-refractivity contribution in [1.29, 1.82) is 0 Å². The summed E-state index contributed by atoms with van der Waals surface area (Å²) in [6.45, 7) is 1.75. The summed E-state index contributed by atoms with van der Waals surface area (Å²) in [7, 11) is 0. The fourth-order valence-electron chi connectivity index (χ4n) is 2.19. The van der Waals surface area contributed by atoms with E-state index in [1.54, 1.807) is 0 Å². The Bertz CT molecular complexity index is 634. The van der Waals surface area contributed by atoms with Crippen LogP contribution < -0.4 is 4.74 Å². The maximum Gasteiger partial charge on any atom is 0.313 e. The predicted octanol–water partition coefficient (Wildman–Crippen LogP) is 4.72. The average Bonchev–Trinajstić information content (AvgIpc) is 2.74. The number of unbranched alkanes of at least 4 members (excludes halogenated alkanes) is 3. The highest BCUT2D eigenvalue weighted by Crippen LogP contribution is 2.29. The van der Waals surface area contributed by atoms with E-state index in [2.05, 4.69) is 27.3 Å². The molecule has 0 unspecified atom stereocenters. The minimum absolute atomic E-state index is 0.145. The molecule has 0 N–H and O–H groups in total. The number of carbonyl (C=O) groups excluding carboxylic acids is 1. The molecule has 0 aliphatic rings. The largest absolute Gasteiger partial charge is 0.420 e. The van der Waals surface area contributed by atoms with E-state index in [1.165, 1.54) is 17.3 Å². The lowest BCUT2D eigenvalue weighted by Crippen LogP contribution is -2.16. The second-order valence-electron chi connectivity index (χ2n) is 6.06. The molecule has 11 heteroatoms. The highest BCUT2D eigenvalue weighted by Gasteiger charge is 2.28. The molecule has 0 heterocycles. The minimum Gasteiger partial charge on any atom is -0.420 e. The van der Waals surface area contributed by atoms with Gasteiger partial charge in [0, 0.05) is 6.61 Å². The molecule has 5 nitrogen and oxygen atoms in total. The number of carbonyl (C=O) groups is 1. The molecule has 1 aromatic rings. The number of hydrogen-bond donors (Lipinski definition) is 0. The number of alkyl halides is 1. The first-order valence-electron chi connectivity index (χ1n) is 9.41. The number of ether oxygens (including phenoxy) is 4. The summed E-state index contributed by atoms with van der Waals surface area (Å²) in [5.41, 5.74) is 0. The quantitative estimate of drug-likeness (QED) is 0.0433. The molecular weight excluding hydrogens is 530 g/mol. The molecule has 0 amide bonds.